The maximum atomic E-state index is 12.1. The summed E-state index contributed by atoms with van der Waals surface area (Å²) in [5.41, 5.74) is 3.89. The van der Waals surface area contributed by atoms with Crippen molar-refractivity contribution in [3.63, 3.8) is 0 Å². The lowest BCUT2D eigenvalue weighted by Crippen LogP contribution is -2.47. The maximum Gasteiger partial charge on any atom is 0.239 e. The van der Waals surface area contributed by atoms with Crippen molar-refractivity contribution >= 4 is 45.7 Å². The smallest absolute Gasteiger partial charge is 0.239 e. The van der Waals surface area contributed by atoms with E-state index in [0.29, 0.717) is 22.7 Å². The number of amides is 2. The van der Waals surface area contributed by atoms with Crippen LogP contribution in [0, 0.1) is 11.8 Å². The number of nitrogens with zero attached hydrogens (tertiary/aromatic N) is 2. The van der Waals surface area contributed by atoms with Gasteiger partial charge in [-0.1, -0.05) is 112 Å². The summed E-state index contributed by atoms with van der Waals surface area (Å²) in [6.45, 7) is 8.42. The molecule has 10 rings (SSSR count). The number of rotatable bonds is 6. The van der Waals surface area contributed by atoms with Crippen LogP contribution in [0.5, 0.6) is 0 Å². The highest BCUT2D eigenvalue weighted by molar-refractivity contribution is 8.16. The molecule has 2 amide bonds. The zero-order valence-electron chi connectivity index (χ0n) is 29.1. The molecule has 0 radical (unpaired) electrons. The highest BCUT2D eigenvalue weighted by Crippen LogP contribution is 2.56. The van der Waals surface area contributed by atoms with Crippen molar-refractivity contribution in [1.29, 1.82) is 0 Å². The Morgan fingerprint density at radius 2 is 0.854 bits per heavy atom. The van der Waals surface area contributed by atoms with Crippen LogP contribution in [0.1, 0.15) is 116 Å². The van der Waals surface area contributed by atoms with Crippen LogP contribution in [0.4, 0.5) is 0 Å². The quantitative estimate of drug-likeness (QED) is 0.320. The van der Waals surface area contributed by atoms with Gasteiger partial charge in [-0.2, -0.15) is 0 Å². The molecule has 8 heteroatoms. The molecule has 2 saturated heterocycles. The van der Waals surface area contributed by atoms with Crippen LogP contribution in [0.15, 0.2) is 70.6 Å². The molecule has 2 aromatic carbocycles. The van der Waals surface area contributed by atoms with Gasteiger partial charge in [-0.3, -0.25) is 19.6 Å². The van der Waals surface area contributed by atoms with Crippen molar-refractivity contribution in [3.8, 4) is 0 Å². The van der Waals surface area contributed by atoms with Crippen LogP contribution in [0.3, 0.4) is 0 Å². The molecule has 4 bridgehead atoms. The number of hydrogen-bond donors (Lipinski definition) is 2. The zero-order valence-corrected chi connectivity index (χ0v) is 30.7. The summed E-state index contributed by atoms with van der Waals surface area (Å²) >= 11 is 3.27. The highest BCUT2D eigenvalue weighted by Gasteiger charge is 2.51. The molecule has 6 saturated carbocycles. The Morgan fingerprint density at radius 1 is 0.542 bits per heavy atom. The first-order chi connectivity index (χ1) is 23.0. The average Bonchev–Trinajstić information content (AvgIpc) is 3.67. The van der Waals surface area contributed by atoms with E-state index in [1.54, 1.807) is 23.5 Å². The molecule has 8 fully saturated rings. The second-order valence-electron chi connectivity index (χ2n) is 16.1. The van der Waals surface area contributed by atoms with Gasteiger partial charge in [-0.15, -0.1) is 0 Å². The standard InChI is InChI=1S/2C20H26N2OS/c2*1-14(2)16-17(23)21-18(24-16)22-20-11-8-19(9-12-20,10-13-20)15-6-4-3-5-7-15/h2*3-7,14,16H,8-13H2,1-2H3,(H,21,22,23)/t2*16-,19?,20?/m10/s1. The third-order valence-corrected chi connectivity index (χ3v) is 15.4. The van der Waals surface area contributed by atoms with E-state index in [-0.39, 0.29) is 33.4 Å². The average molecular weight is 685 g/mol. The Morgan fingerprint density at radius 3 is 1.12 bits per heavy atom. The van der Waals surface area contributed by atoms with E-state index in [2.05, 4.69) is 99.0 Å². The Labute approximate surface area is 295 Å². The third kappa shape index (κ3) is 6.53. The van der Waals surface area contributed by atoms with E-state index in [1.807, 2.05) is 0 Å². The van der Waals surface area contributed by atoms with Gasteiger partial charge in [0.2, 0.25) is 11.8 Å². The molecule has 0 spiro atoms. The molecule has 2 heterocycles. The van der Waals surface area contributed by atoms with Crippen molar-refractivity contribution in [1.82, 2.24) is 10.6 Å². The van der Waals surface area contributed by atoms with Gasteiger partial charge < -0.3 is 10.6 Å². The summed E-state index contributed by atoms with van der Waals surface area (Å²) < 4.78 is 0. The number of thioether (sulfide) groups is 2. The van der Waals surface area contributed by atoms with Crippen LogP contribution >= 0.6 is 23.5 Å². The normalized spacial score (nSPS) is 37.2. The van der Waals surface area contributed by atoms with Crippen LogP contribution in [-0.2, 0) is 20.4 Å². The van der Waals surface area contributed by atoms with Crippen LogP contribution in [0.25, 0.3) is 0 Å². The fraction of sp³-hybridized carbons (Fsp3) is 0.600. The number of benzene rings is 2. The first-order valence-electron chi connectivity index (χ1n) is 18.3. The second-order valence-corrected chi connectivity index (χ2v) is 18.4. The molecule has 256 valence electrons. The molecule has 2 aromatic rings. The Kier molecular flexibility index (Phi) is 9.38. The molecular formula is C40H52N4O2S2. The lowest BCUT2D eigenvalue weighted by molar-refractivity contribution is -0.120. The second kappa shape index (κ2) is 13.3. The maximum absolute atomic E-state index is 12.1. The summed E-state index contributed by atoms with van der Waals surface area (Å²) in [7, 11) is 0. The fourth-order valence-corrected chi connectivity index (χ4v) is 11.5. The largest absolute Gasteiger partial charge is 0.304 e. The molecule has 0 unspecified atom stereocenters. The number of carbonyl (C=O) groups is 2. The van der Waals surface area contributed by atoms with Crippen molar-refractivity contribution in [2.45, 2.75) is 137 Å². The molecule has 8 aliphatic rings. The van der Waals surface area contributed by atoms with Gasteiger partial charge in [-0.25, -0.2) is 0 Å². The van der Waals surface area contributed by atoms with Crippen LogP contribution in [0.2, 0.25) is 0 Å². The fourth-order valence-electron chi connectivity index (χ4n) is 9.29. The number of amidine groups is 2. The minimum atomic E-state index is 0.0238. The summed E-state index contributed by atoms with van der Waals surface area (Å²) in [5.74, 6) is 0.970. The van der Waals surface area contributed by atoms with Crippen LogP contribution in [-0.4, -0.2) is 43.7 Å². The Bertz CT molecular complexity index is 1400. The molecule has 2 N–H and O–H groups in total. The van der Waals surface area contributed by atoms with Crippen molar-refractivity contribution in [3.05, 3.63) is 71.8 Å². The van der Waals surface area contributed by atoms with Crippen molar-refractivity contribution in [2.24, 2.45) is 21.8 Å². The minimum absolute atomic E-state index is 0.0238. The van der Waals surface area contributed by atoms with Crippen molar-refractivity contribution in [2.75, 3.05) is 0 Å². The molecular weight excluding hydrogens is 633 g/mol. The molecule has 6 nitrogen and oxygen atoms in total. The topological polar surface area (TPSA) is 82.9 Å². The number of fused-ring (bicyclic) bond motifs is 6. The summed E-state index contributed by atoms with van der Waals surface area (Å²) in [6, 6.07) is 22.1. The van der Waals surface area contributed by atoms with E-state index < -0.39 is 0 Å². The minimum Gasteiger partial charge on any atom is -0.304 e. The van der Waals surface area contributed by atoms with Crippen LogP contribution < -0.4 is 10.6 Å². The Hall–Kier alpha value is -2.58. The SMILES string of the molecule is CC(C)[C@@H]1SC(=NC23CCC(c4ccccc4)(CC2)CC3)NC1=O.CC(C)[C@H]1SC(=NC23CCC(c4ccccc4)(CC2)CC3)NC1=O. The number of nitrogens with one attached hydrogen (secondary N) is 2. The molecule has 48 heavy (non-hydrogen) atoms. The number of aliphatic imine (C=N–C) groups is 2. The molecule has 0 aromatic heterocycles. The third-order valence-electron chi connectivity index (χ3n) is 12.5. The van der Waals surface area contributed by atoms with Crippen molar-refractivity contribution < 1.29 is 9.59 Å². The lowest BCUT2D eigenvalue weighted by atomic mass is 9.55. The molecule has 6 aliphatic carbocycles. The number of carbonyl (C=O) groups excluding carboxylic acids is 2. The van der Waals surface area contributed by atoms with E-state index in [9.17, 15) is 9.59 Å². The molecule has 2 aliphatic heterocycles. The molecule has 2 atom stereocenters. The summed E-state index contributed by atoms with van der Waals surface area (Å²) in [6.07, 6.45) is 14.2. The van der Waals surface area contributed by atoms with Gasteiger partial charge in [0.15, 0.2) is 10.3 Å². The van der Waals surface area contributed by atoms with Gasteiger partial charge in [0.25, 0.3) is 0 Å². The number of hydrogen-bond acceptors (Lipinski definition) is 6. The van der Waals surface area contributed by atoms with E-state index >= 15 is 0 Å². The first kappa shape index (κ1) is 33.9. The predicted molar refractivity (Wildman–Crippen MR) is 201 cm³/mol. The van der Waals surface area contributed by atoms with Gasteiger partial charge in [0, 0.05) is 0 Å². The summed E-state index contributed by atoms with van der Waals surface area (Å²) in [5, 5.41) is 7.83. The predicted octanol–water partition coefficient (Wildman–Crippen LogP) is 8.55. The summed E-state index contributed by atoms with van der Waals surface area (Å²) in [4.78, 5) is 34.3. The van der Waals surface area contributed by atoms with E-state index in [0.717, 1.165) is 48.9 Å². The van der Waals surface area contributed by atoms with Gasteiger partial charge in [0.05, 0.1) is 21.6 Å². The van der Waals surface area contributed by atoms with E-state index in [1.165, 1.54) is 49.7 Å². The monoisotopic (exact) mass is 684 g/mol. The first-order valence-corrected chi connectivity index (χ1v) is 20.1. The highest BCUT2D eigenvalue weighted by atomic mass is 32.2. The lowest BCUT2D eigenvalue weighted by Gasteiger charge is -2.52. The zero-order chi connectivity index (χ0) is 33.6. The van der Waals surface area contributed by atoms with E-state index in [4.69, 9.17) is 9.98 Å². The van der Waals surface area contributed by atoms with Gasteiger partial charge in [0.1, 0.15) is 0 Å². The van der Waals surface area contributed by atoms with Gasteiger partial charge in [-0.05, 0) is 111 Å². The Balaban J connectivity index is 0.000000152. The van der Waals surface area contributed by atoms with Gasteiger partial charge >= 0.3 is 0 Å².